The summed E-state index contributed by atoms with van der Waals surface area (Å²) < 4.78 is 11.3. The summed E-state index contributed by atoms with van der Waals surface area (Å²) in [5, 5.41) is 23.6. The molecule has 6 nitrogen and oxygen atoms in total. The number of hydrogen-bond acceptors (Lipinski definition) is 6. The molecule has 1 N–H and O–H groups in total. The number of furan rings is 1. The van der Waals surface area contributed by atoms with Crippen LogP contribution in [0.15, 0.2) is 51.8 Å². The van der Waals surface area contributed by atoms with Crippen molar-refractivity contribution in [3.8, 4) is 17.9 Å². The number of ether oxygens (including phenoxy) is 1. The van der Waals surface area contributed by atoms with Crippen LogP contribution < -0.4 is 10.1 Å². The van der Waals surface area contributed by atoms with Crippen LogP contribution in [0.1, 0.15) is 22.6 Å². The van der Waals surface area contributed by atoms with Crippen molar-refractivity contribution >= 4 is 39.9 Å². The number of halogens is 1. The average Bonchev–Trinajstić information content (AvgIpc) is 3.35. The quantitative estimate of drug-likeness (QED) is 0.428. The first-order valence-electron chi connectivity index (χ1n) is 8.38. The molecule has 0 spiro atoms. The van der Waals surface area contributed by atoms with Crippen molar-refractivity contribution in [1.82, 2.24) is 0 Å². The van der Waals surface area contributed by atoms with Gasteiger partial charge in [-0.05, 0) is 54.3 Å². The van der Waals surface area contributed by atoms with Crippen LogP contribution in [0.4, 0.5) is 5.00 Å². The monoisotopic (exact) mass is 423 g/mol. The third-order valence-corrected chi connectivity index (χ3v) is 5.11. The number of amides is 1. The molecule has 0 bridgehead atoms. The molecule has 29 heavy (non-hydrogen) atoms. The van der Waals surface area contributed by atoms with Crippen LogP contribution in [0.2, 0.25) is 5.02 Å². The number of thiophene rings is 1. The highest BCUT2D eigenvalue weighted by Gasteiger charge is 2.14. The molecule has 2 heterocycles. The van der Waals surface area contributed by atoms with Crippen molar-refractivity contribution in [2.24, 2.45) is 0 Å². The SMILES string of the molecule is Cc1cc(OCc2ccc(C=C(C#N)C(=O)Nc3sccc3C#N)o2)ccc1Cl. The summed E-state index contributed by atoms with van der Waals surface area (Å²) in [5.41, 5.74) is 1.11. The van der Waals surface area contributed by atoms with E-state index in [1.54, 1.807) is 35.7 Å². The van der Waals surface area contributed by atoms with Crippen molar-refractivity contribution in [2.75, 3.05) is 5.32 Å². The molecular formula is C21H14ClN3O3S. The Balaban J connectivity index is 1.67. The predicted molar refractivity (Wildman–Crippen MR) is 110 cm³/mol. The third-order valence-electron chi connectivity index (χ3n) is 3.86. The van der Waals surface area contributed by atoms with Gasteiger partial charge in [-0.1, -0.05) is 11.6 Å². The lowest BCUT2D eigenvalue weighted by atomic mass is 10.2. The van der Waals surface area contributed by atoms with Gasteiger partial charge >= 0.3 is 0 Å². The second kappa shape index (κ2) is 9.11. The maximum atomic E-state index is 12.3. The number of nitriles is 2. The Bertz CT molecular complexity index is 1160. The first kappa shape index (κ1) is 20.2. The molecule has 0 saturated carbocycles. The minimum absolute atomic E-state index is 0.141. The zero-order valence-corrected chi connectivity index (χ0v) is 16.8. The largest absolute Gasteiger partial charge is 0.486 e. The van der Waals surface area contributed by atoms with Crippen LogP contribution in [0, 0.1) is 29.6 Å². The van der Waals surface area contributed by atoms with E-state index in [-0.39, 0.29) is 12.2 Å². The lowest BCUT2D eigenvalue weighted by Gasteiger charge is -2.06. The van der Waals surface area contributed by atoms with E-state index in [2.05, 4.69) is 5.32 Å². The molecular weight excluding hydrogens is 410 g/mol. The van der Waals surface area contributed by atoms with Gasteiger partial charge in [0.2, 0.25) is 0 Å². The van der Waals surface area contributed by atoms with E-state index in [0.29, 0.717) is 32.9 Å². The number of carbonyl (C=O) groups is 1. The van der Waals surface area contributed by atoms with Crippen LogP contribution in [0.3, 0.4) is 0 Å². The number of anilines is 1. The molecule has 2 aromatic heterocycles. The van der Waals surface area contributed by atoms with Gasteiger partial charge in [-0.2, -0.15) is 10.5 Å². The van der Waals surface area contributed by atoms with Crippen molar-refractivity contribution in [3.05, 3.63) is 75.0 Å². The topological polar surface area (TPSA) is 99.0 Å². The Morgan fingerprint density at radius 3 is 2.86 bits per heavy atom. The van der Waals surface area contributed by atoms with Crippen LogP contribution in [0.25, 0.3) is 6.08 Å². The fourth-order valence-corrected chi connectivity index (χ4v) is 3.22. The molecule has 3 rings (SSSR count). The highest BCUT2D eigenvalue weighted by molar-refractivity contribution is 7.14. The van der Waals surface area contributed by atoms with E-state index in [4.69, 9.17) is 26.0 Å². The van der Waals surface area contributed by atoms with E-state index >= 15 is 0 Å². The first-order chi connectivity index (χ1) is 14.0. The maximum Gasteiger partial charge on any atom is 0.267 e. The fourth-order valence-electron chi connectivity index (χ4n) is 2.37. The lowest BCUT2D eigenvalue weighted by molar-refractivity contribution is -0.112. The molecule has 8 heteroatoms. The van der Waals surface area contributed by atoms with E-state index < -0.39 is 5.91 Å². The fraction of sp³-hybridized carbons (Fsp3) is 0.0952. The number of nitrogens with zero attached hydrogens (tertiary/aromatic N) is 2. The first-order valence-corrected chi connectivity index (χ1v) is 9.64. The number of nitrogens with one attached hydrogen (secondary N) is 1. The van der Waals surface area contributed by atoms with E-state index in [1.807, 2.05) is 25.1 Å². The molecule has 1 amide bonds. The molecule has 0 saturated heterocycles. The van der Waals surface area contributed by atoms with Gasteiger partial charge in [-0.3, -0.25) is 4.79 Å². The third kappa shape index (κ3) is 5.05. The highest BCUT2D eigenvalue weighted by Crippen LogP contribution is 2.24. The number of aryl methyl sites for hydroxylation is 1. The van der Waals surface area contributed by atoms with Crippen molar-refractivity contribution < 1.29 is 13.9 Å². The Hall–Kier alpha value is -3.52. The summed E-state index contributed by atoms with van der Waals surface area (Å²) in [6.45, 7) is 2.07. The summed E-state index contributed by atoms with van der Waals surface area (Å²) in [6.07, 6.45) is 1.34. The lowest BCUT2D eigenvalue weighted by Crippen LogP contribution is -2.13. The normalized spacial score (nSPS) is 10.8. The molecule has 0 aliphatic carbocycles. The zero-order valence-electron chi connectivity index (χ0n) is 15.2. The molecule has 0 radical (unpaired) electrons. The van der Waals surface area contributed by atoms with E-state index in [1.165, 1.54) is 17.4 Å². The molecule has 3 aromatic rings. The minimum Gasteiger partial charge on any atom is -0.486 e. The second-order valence-corrected chi connectivity index (χ2v) is 7.23. The van der Waals surface area contributed by atoms with E-state index in [9.17, 15) is 10.1 Å². The summed E-state index contributed by atoms with van der Waals surface area (Å²) in [5.74, 6) is 0.917. The van der Waals surface area contributed by atoms with E-state index in [0.717, 1.165) is 5.56 Å². The van der Waals surface area contributed by atoms with Gasteiger partial charge in [-0.25, -0.2) is 0 Å². The van der Waals surface area contributed by atoms with Crippen molar-refractivity contribution in [1.29, 1.82) is 10.5 Å². The number of hydrogen-bond donors (Lipinski definition) is 1. The smallest absolute Gasteiger partial charge is 0.267 e. The van der Waals surface area contributed by atoms with Crippen LogP contribution in [-0.4, -0.2) is 5.91 Å². The van der Waals surface area contributed by atoms with Crippen LogP contribution in [0.5, 0.6) is 5.75 Å². The maximum absolute atomic E-state index is 12.3. The summed E-state index contributed by atoms with van der Waals surface area (Å²) in [7, 11) is 0. The van der Waals surface area contributed by atoms with Gasteiger partial charge in [0, 0.05) is 11.1 Å². The van der Waals surface area contributed by atoms with Crippen LogP contribution in [-0.2, 0) is 11.4 Å². The Morgan fingerprint density at radius 2 is 2.14 bits per heavy atom. The van der Waals surface area contributed by atoms with Crippen molar-refractivity contribution in [2.45, 2.75) is 13.5 Å². The minimum atomic E-state index is -0.614. The summed E-state index contributed by atoms with van der Waals surface area (Å²) in [4.78, 5) is 12.3. The zero-order chi connectivity index (χ0) is 20.8. The van der Waals surface area contributed by atoms with Gasteiger partial charge in [-0.15, -0.1) is 11.3 Å². The molecule has 0 aliphatic rings. The van der Waals surface area contributed by atoms with Gasteiger partial charge in [0.1, 0.15) is 46.6 Å². The molecule has 0 atom stereocenters. The summed E-state index contributed by atoms with van der Waals surface area (Å²) >= 11 is 7.20. The molecule has 0 aliphatic heterocycles. The standard InChI is InChI=1S/C21H14ClN3O3S/c1-13-8-16(4-5-19(13)22)27-12-18-3-2-17(28-18)9-15(11-24)20(26)25-21-14(10-23)6-7-29-21/h2-9H,12H2,1H3,(H,25,26). The highest BCUT2D eigenvalue weighted by atomic mass is 35.5. The van der Waals surface area contributed by atoms with Crippen molar-refractivity contribution in [3.63, 3.8) is 0 Å². The van der Waals surface area contributed by atoms with Gasteiger partial charge in [0.25, 0.3) is 5.91 Å². The molecule has 1 aromatic carbocycles. The Labute approximate surface area is 176 Å². The van der Waals surface area contributed by atoms with Gasteiger partial charge in [0.15, 0.2) is 0 Å². The number of carbonyl (C=O) groups excluding carboxylic acids is 1. The second-order valence-electron chi connectivity index (χ2n) is 5.90. The number of rotatable bonds is 6. The molecule has 0 unspecified atom stereocenters. The van der Waals surface area contributed by atoms with Gasteiger partial charge < -0.3 is 14.5 Å². The predicted octanol–water partition coefficient (Wildman–Crippen LogP) is 5.30. The molecule has 0 fully saturated rings. The van der Waals surface area contributed by atoms with Gasteiger partial charge in [0.05, 0.1) is 5.56 Å². The Morgan fingerprint density at radius 1 is 1.31 bits per heavy atom. The van der Waals surface area contributed by atoms with Crippen LogP contribution >= 0.6 is 22.9 Å². The number of benzene rings is 1. The Kier molecular flexibility index (Phi) is 6.36. The average molecular weight is 424 g/mol. The summed E-state index contributed by atoms with van der Waals surface area (Å²) in [6, 6.07) is 14.1. The molecule has 144 valence electrons.